The Hall–Kier alpha value is -0.575. The van der Waals surface area contributed by atoms with Crippen LogP contribution in [0.1, 0.15) is 27.7 Å². The van der Waals surface area contributed by atoms with Gasteiger partial charge in [-0.2, -0.15) is 0 Å². The average molecular weight is 242 g/mol. The van der Waals surface area contributed by atoms with Crippen LogP contribution >= 0.6 is 11.6 Å². The molecule has 0 atom stereocenters. The molecule has 0 N–H and O–H groups in total. The highest BCUT2D eigenvalue weighted by Crippen LogP contribution is 2.07. The minimum absolute atomic E-state index is 0.0572. The van der Waals surface area contributed by atoms with Gasteiger partial charge in [0.25, 0.3) is 0 Å². The first kappa shape index (κ1) is 13.5. The van der Waals surface area contributed by atoms with Gasteiger partial charge < -0.3 is 9.31 Å². The van der Waals surface area contributed by atoms with E-state index >= 15 is 0 Å². The minimum Gasteiger partial charge on any atom is -0.583 e. The van der Waals surface area contributed by atoms with E-state index in [1.54, 1.807) is 18.3 Å². The lowest BCUT2D eigenvalue weighted by Crippen LogP contribution is -2.43. The van der Waals surface area contributed by atoms with Crippen molar-refractivity contribution in [3.8, 4) is 0 Å². The molecule has 1 radical (unpaired) electrons. The van der Waals surface area contributed by atoms with E-state index in [-0.39, 0.29) is 12.2 Å². The Morgan fingerprint density at radius 2 is 1.75 bits per heavy atom. The minimum atomic E-state index is -0.506. The summed E-state index contributed by atoms with van der Waals surface area (Å²) >= 11 is 6.06. The molecule has 89 valence electrons. The van der Waals surface area contributed by atoms with Gasteiger partial charge in [-0.15, -0.1) is 0 Å². The molecule has 0 amide bonds. The quantitative estimate of drug-likeness (QED) is 0.741. The van der Waals surface area contributed by atoms with Crippen molar-refractivity contribution < 1.29 is 9.31 Å². The first-order valence-corrected chi connectivity index (χ1v) is 5.79. The van der Waals surface area contributed by atoms with Gasteiger partial charge in [0.15, 0.2) is 7.12 Å². The van der Waals surface area contributed by atoms with E-state index < -0.39 is 7.12 Å². The van der Waals surface area contributed by atoms with Crippen LogP contribution in [0.3, 0.4) is 0 Å². The van der Waals surface area contributed by atoms with Gasteiger partial charge in [0.1, 0.15) is 0 Å². The molecule has 5 heteroatoms. The normalized spacial score (nSPS) is 11.8. The molecule has 0 fully saturated rings. The second-order valence-corrected chi connectivity index (χ2v) is 4.48. The van der Waals surface area contributed by atoms with Crippen LogP contribution < -0.4 is 5.59 Å². The summed E-state index contributed by atoms with van der Waals surface area (Å²) in [6.45, 7) is 7.81. The highest BCUT2D eigenvalue weighted by atomic mass is 35.5. The van der Waals surface area contributed by atoms with Crippen molar-refractivity contribution in [1.29, 1.82) is 0 Å². The third-order valence-corrected chi connectivity index (χ3v) is 2.12. The lowest BCUT2D eigenvalue weighted by atomic mass is 9.83. The first-order chi connectivity index (χ1) is 7.50. The van der Waals surface area contributed by atoms with E-state index in [0.717, 1.165) is 0 Å². The summed E-state index contributed by atoms with van der Waals surface area (Å²) in [7, 11) is -0.506. The highest BCUT2D eigenvalue weighted by molar-refractivity contribution is 6.64. The van der Waals surface area contributed by atoms with E-state index in [4.69, 9.17) is 20.9 Å². The Morgan fingerprint density at radius 1 is 1.19 bits per heavy atom. The molecule has 1 aromatic heterocycles. The fourth-order valence-corrected chi connectivity index (χ4v) is 1.44. The second-order valence-electron chi connectivity index (χ2n) is 4.07. The van der Waals surface area contributed by atoms with E-state index in [0.29, 0.717) is 10.6 Å². The van der Waals surface area contributed by atoms with E-state index in [9.17, 15) is 0 Å². The summed E-state index contributed by atoms with van der Waals surface area (Å²) in [6, 6.07) is 3.57. The number of nitrogens with zero attached hydrogens (tertiary/aromatic N) is 1. The third kappa shape index (κ3) is 4.12. The van der Waals surface area contributed by atoms with Gasteiger partial charge in [0.2, 0.25) is 0 Å². The second kappa shape index (κ2) is 6.23. The zero-order valence-electron chi connectivity index (χ0n) is 10.1. The van der Waals surface area contributed by atoms with Crippen LogP contribution in [-0.4, -0.2) is 24.3 Å². The molecule has 1 heterocycles. The Balaban J connectivity index is 2.87. The fraction of sp³-hybridized carbons (Fsp3) is 0.545. The molecule has 16 heavy (non-hydrogen) atoms. The lowest BCUT2D eigenvalue weighted by Gasteiger charge is -2.34. The van der Waals surface area contributed by atoms with Gasteiger partial charge in [0, 0.05) is 23.4 Å². The maximum absolute atomic E-state index is 6.06. The Labute approximate surface area is 102 Å². The first-order valence-electron chi connectivity index (χ1n) is 5.42. The van der Waals surface area contributed by atoms with Gasteiger partial charge in [-0.3, -0.25) is 4.98 Å². The van der Waals surface area contributed by atoms with E-state index in [2.05, 4.69) is 4.98 Å². The fourth-order valence-electron chi connectivity index (χ4n) is 1.23. The third-order valence-electron chi connectivity index (χ3n) is 1.80. The van der Waals surface area contributed by atoms with Crippen molar-refractivity contribution >= 4 is 24.3 Å². The Bertz CT molecular complexity index is 324. The van der Waals surface area contributed by atoms with Crippen LogP contribution in [0.4, 0.5) is 0 Å². The maximum Gasteiger partial charge on any atom is 0.196 e. The van der Waals surface area contributed by atoms with Gasteiger partial charge in [0.05, 0.1) is 0 Å². The average Bonchev–Trinajstić information content (AvgIpc) is 2.15. The summed E-state index contributed by atoms with van der Waals surface area (Å²) in [4.78, 5) is 4.20. The summed E-state index contributed by atoms with van der Waals surface area (Å²) in [5, 5.41) is 0.564. The van der Waals surface area contributed by atoms with Crippen molar-refractivity contribution in [2.75, 3.05) is 0 Å². The van der Waals surface area contributed by atoms with Crippen LogP contribution in [-0.2, 0) is 9.31 Å². The van der Waals surface area contributed by atoms with Crippen LogP contribution in [0, 0.1) is 0 Å². The zero-order chi connectivity index (χ0) is 12.1. The molecule has 3 nitrogen and oxygen atoms in total. The largest absolute Gasteiger partial charge is 0.583 e. The zero-order valence-corrected chi connectivity index (χ0v) is 10.9. The monoisotopic (exact) mass is 241 g/mol. The molecule has 1 rings (SSSR count). The molecule has 0 saturated heterocycles. The van der Waals surface area contributed by atoms with Crippen molar-refractivity contribution in [3.63, 3.8) is 0 Å². The molecule has 0 unspecified atom stereocenters. The van der Waals surface area contributed by atoms with Gasteiger partial charge in [-0.1, -0.05) is 17.2 Å². The molecule has 0 aliphatic heterocycles. The van der Waals surface area contributed by atoms with Gasteiger partial charge in [-0.05, 0) is 39.8 Å². The number of hydrogen-bond donors (Lipinski definition) is 0. The number of hydrogen-bond acceptors (Lipinski definition) is 3. The van der Waals surface area contributed by atoms with Crippen molar-refractivity contribution in [3.05, 3.63) is 23.4 Å². The maximum atomic E-state index is 6.06. The van der Waals surface area contributed by atoms with Crippen LogP contribution in [0.2, 0.25) is 5.02 Å². The predicted octanol–water partition coefficient (Wildman–Crippen LogP) is 2.28. The standard InChI is InChI=1S/C11H17BClNO2/c1-8(2)15-12(16-9(3)4)11-10(13)6-5-7-14-11/h5-9H,1-4H3/q-1. The molecule has 1 aromatic rings. The van der Waals surface area contributed by atoms with Gasteiger partial charge >= 0.3 is 0 Å². The Kier molecular flexibility index (Phi) is 5.25. The van der Waals surface area contributed by atoms with Crippen molar-refractivity contribution in [1.82, 2.24) is 4.98 Å². The summed E-state index contributed by atoms with van der Waals surface area (Å²) in [5.74, 6) is 0. The SMILES string of the molecule is CC(C)O[B-](OC(C)C)c1ncccc1Cl. The lowest BCUT2D eigenvalue weighted by molar-refractivity contribution is 0.138. The van der Waals surface area contributed by atoms with Crippen LogP contribution in [0.15, 0.2) is 18.3 Å². The molecule has 0 aliphatic carbocycles. The summed E-state index contributed by atoms with van der Waals surface area (Å²) in [5.41, 5.74) is 0.631. The number of aromatic nitrogens is 1. The number of halogens is 1. The predicted molar refractivity (Wildman–Crippen MR) is 67.1 cm³/mol. The molecule has 0 bridgehead atoms. The topological polar surface area (TPSA) is 31.4 Å². The van der Waals surface area contributed by atoms with E-state index in [1.165, 1.54) is 0 Å². The molecular weight excluding hydrogens is 224 g/mol. The molecule has 0 aromatic carbocycles. The highest BCUT2D eigenvalue weighted by Gasteiger charge is 2.10. The van der Waals surface area contributed by atoms with Crippen LogP contribution in [0.5, 0.6) is 0 Å². The number of pyridine rings is 1. The smallest absolute Gasteiger partial charge is 0.196 e. The molecule has 0 aliphatic rings. The van der Waals surface area contributed by atoms with Crippen molar-refractivity contribution in [2.45, 2.75) is 39.9 Å². The Morgan fingerprint density at radius 3 is 2.19 bits per heavy atom. The van der Waals surface area contributed by atoms with E-state index in [1.807, 2.05) is 27.7 Å². The molecular formula is C11H17BClNO2-. The summed E-state index contributed by atoms with van der Waals surface area (Å²) in [6.07, 6.45) is 1.80. The number of rotatable bonds is 5. The summed E-state index contributed by atoms with van der Waals surface area (Å²) < 4.78 is 11.3. The molecule has 0 spiro atoms. The van der Waals surface area contributed by atoms with Crippen LogP contribution in [0.25, 0.3) is 0 Å². The van der Waals surface area contributed by atoms with Gasteiger partial charge in [-0.25, -0.2) is 0 Å². The molecule has 0 saturated carbocycles. The van der Waals surface area contributed by atoms with Crippen molar-refractivity contribution in [2.24, 2.45) is 0 Å².